The van der Waals surface area contributed by atoms with Crippen LogP contribution in [0.1, 0.15) is 19.8 Å². The van der Waals surface area contributed by atoms with Gasteiger partial charge in [-0.15, -0.1) is 0 Å². The molecule has 1 atom stereocenters. The lowest BCUT2D eigenvalue weighted by atomic mass is 9.99. The number of carbonyl (C=O) groups is 2. The van der Waals surface area contributed by atoms with Gasteiger partial charge < -0.3 is 16.0 Å². The van der Waals surface area contributed by atoms with Gasteiger partial charge in [0.05, 0.1) is 12.1 Å². The third-order valence-electron chi connectivity index (χ3n) is 2.58. The molecule has 80 valence electrons. The smallest absolute Gasteiger partial charge is 0.242 e. The van der Waals surface area contributed by atoms with E-state index in [1.54, 1.807) is 7.05 Å². The molecule has 2 amide bonds. The Hall–Kier alpha value is -1.10. The fourth-order valence-electron chi connectivity index (χ4n) is 1.80. The monoisotopic (exact) mass is 199 g/mol. The summed E-state index contributed by atoms with van der Waals surface area (Å²) in [5.41, 5.74) is 4.51. The zero-order valence-electron chi connectivity index (χ0n) is 8.67. The molecule has 14 heavy (non-hydrogen) atoms. The van der Waals surface area contributed by atoms with E-state index in [9.17, 15) is 9.59 Å². The molecule has 0 aliphatic carbocycles. The van der Waals surface area contributed by atoms with Crippen LogP contribution in [0.4, 0.5) is 0 Å². The van der Waals surface area contributed by atoms with Gasteiger partial charge >= 0.3 is 0 Å². The second-order valence-corrected chi connectivity index (χ2v) is 3.99. The van der Waals surface area contributed by atoms with Crippen LogP contribution < -0.4 is 11.1 Å². The zero-order chi connectivity index (χ0) is 10.8. The van der Waals surface area contributed by atoms with E-state index in [1.165, 1.54) is 4.90 Å². The number of carbonyl (C=O) groups excluding carboxylic acids is 2. The number of hydrogen-bond donors (Lipinski definition) is 2. The van der Waals surface area contributed by atoms with E-state index in [1.807, 2.05) is 6.92 Å². The minimum Gasteiger partial charge on any atom is -0.368 e. The fraction of sp³-hybridized carbons (Fsp3) is 0.778. The van der Waals surface area contributed by atoms with Crippen molar-refractivity contribution in [2.75, 3.05) is 20.1 Å². The molecule has 0 spiro atoms. The first-order valence-corrected chi connectivity index (χ1v) is 4.74. The number of nitrogens with one attached hydrogen (secondary N) is 1. The van der Waals surface area contributed by atoms with E-state index in [4.69, 9.17) is 5.73 Å². The molecule has 5 heteroatoms. The first-order chi connectivity index (χ1) is 6.46. The highest BCUT2D eigenvalue weighted by atomic mass is 16.2. The van der Waals surface area contributed by atoms with Gasteiger partial charge in [0, 0.05) is 7.05 Å². The van der Waals surface area contributed by atoms with Crippen molar-refractivity contribution in [2.24, 2.45) is 5.73 Å². The van der Waals surface area contributed by atoms with Gasteiger partial charge in [0.1, 0.15) is 0 Å². The summed E-state index contributed by atoms with van der Waals surface area (Å²) in [6, 6.07) is 0. The summed E-state index contributed by atoms with van der Waals surface area (Å²) in [6.45, 7) is 2.70. The third kappa shape index (κ3) is 2.23. The highest BCUT2D eigenvalue weighted by molar-refractivity contribution is 5.89. The predicted molar refractivity (Wildman–Crippen MR) is 52.5 cm³/mol. The van der Waals surface area contributed by atoms with Crippen LogP contribution in [0.15, 0.2) is 0 Å². The second kappa shape index (κ2) is 3.96. The Morgan fingerprint density at radius 2 is 2.21 bits per heavy atom. The van der Waals surface area contributed by atoms with Crippen molar-refractivity contribution in [3.8, 4) is 0 Å². The van der Waals surface area contributed by atoms with Crippen molar-refractivity contribution in [3.63, 3.8) is 0 Å². The molecule has 0 bridgehead atoms. The lowest BCUT2D eigenvalue weighted by Gasteiger charge is -2.28. The van der Waals surface area contributed by atoms with Crippen molar-refractivity contribution in [1.29, 1.82) is 0 Å². The molecule has 1 fully saturated rings. The molecule has 1 saturated heterocycles. The molecule has 3 N–H and O–H groups in total. The van der Waals surface area contributed by atoms with E-state index in [0.29, 0.717) is 0 Å². The fourth-order valence-corrected chi connectivity index (χ4v) is 1.80. The highest BCUT2D eigenvalue weighted by Crippen LogP contribution is 2.20. The quantitative estimate of drug-likeness (QED) is 0.616. The molecule has 5 nitrogen and oxygen atoms in total. The second-order valence-electron chi connectivity index (χ2n) is 3.99. The Labute approximate surface area is 83.6 Å². The summed E-state index contributed by atoms with van der Waals surface area (Å²) in [4.78, 5) is 23.9. The minimum absolute atomic E-state index is 0.0178. The molecule has 1 aliphatic heterocycles. The predicted octanol–water partition coefficient (Wildman–Crippen LogP) is -0.928. The van der Waals surface area contributed by atoms with Crippen molar-refractivity contribution >= 4 is 11.8 Å². The third-order valence-corrected chi connectivity index (χ3v) is 2.58. The molecule has 0 aromatic rings. The summed E-state index contributed by atoms with van der Waals surface area (Å²) in [6.07, 6.45) is 1.81. The molecule has 0 saturated carbocycles. The van der Waals surface area contributed by atoms with Crippen molar-refractivity contribution in [1.82, 2.24) is 10.2 Å². The molecular formula is C9H17N3O2. The van der Waals surface area contributed by atoms with Crippen LogP contribution in [0.3, 0.4) is 0 Å². The molecular weight excluding hydrogens is 182 g/mol. The van der Waals surface area contributed by atoms with Crippen molar-refractivity contribution < 1.29 is 9.59 Å². The molecule has 0 aromatic heterocycles. The van der Waals surface area contributed by atoms with Crippen LogP contribution in [0.2, 0.25) is 0 Å². The summed E-state index contributed by atoms with van der Waals surface area (Å²) in [7, 11) is 1.60. The average molecular weight is 199 g/mol. The Balaban J connectivity index is 2.59. The largest absolute Gasteiger partial charge is 0.368 e. The Morgan fingerprint density at radius 1 is 1.57 bits per heavy atom. The lowest BCUT2D eigenvalue weighted by molar-refractivity contribution is -0.138. The van der Waals surface area contributed by atoms with Gasteiger partial charge in [0.25, 0.3) is 0 Å². The van der Waals surface area contributed by atoms with Crippen molar-refractivity contribution in [2.45, 2.75) is 25.3 Å². The van der Waals surface area contributed by atoms with Crippen molar-refractivity contribution in [3.05, 3.63) is 0 Å². The molecule has 0 aromatic carbocycles. The zero-order valence-corrected chi connectivity index (χ0v) is 8.67. The van der Waals surface area contributed by atoms with Crippen LogP contribution in [-0.2, 0) is 9.59 Å². The minimum atomic E-state index is -0.510. The number of likely N-dealkylation sites (N-methyl/N-ethyl adjacent to an activating group) is 1. The van der Waals surface area contributed by atoms with Crippen LogP contribution in [0.25, 0.3) is 0 Å². The van der Waals surface area contributed by atoms with Gasteiger partial charge in [-0.25, -0.2) is 0 Å². The summed E-state index contributed by atoms with van der Waals surface area (Å²) in [5.74, 6) is -0.545. The highest BCUT2D eigenvalue weighted by Gasteiger charge is 2.37. The molecule has 1 unspecified atom stereocenters. The van der Waals surface area contributed by atoms with E-state index < -0.39 is 11.4 Å². The first kappa shape index (κ1) is 11.0. The maximum Gasteiger partial charge on any atom is 0.242 e. The van der Waals surface area contributed by atoms with E-state index >= 15 is 0 Å². The van der Waals surface area contributed by atoms with E-state index in [-0.39, 0.29) is 12.5 Å². The van der Waals surface area contributed by atoms with Gasteiger partial charge in [0.2, 0.25) is 11.8 Å². The molecule has 0 radical (unpaired) electrons. The molecule has 1 aliphatic rings. The van der Waals surface area contributed by atoms with Crippen LogP contribution in [0.5, 0.6) is 0 Å². The van der Waals surface area contributed by atoms with Crippen LogP contribution >= 0.6 is 0 Å². The normalized spacial score (nSPS) is 26.1. The van der Waals surface area contributed by atoms with Gasteiger partial charge in [-0.05, 0) is 26.3 Å². The number of rotatable bonds is 3. The number of primary amides is 1. The number of nitrogens with zero attached hydrogens (tertiary/aromatic N) is 1. The van der Waals surface area contributed by atoms with E-state index in [2.05, 4.69) is 5.32 Å². The summed E-state index contributed by atoms with van der Waals surface area (Å²) < 4.78 is 0. The molecule has 1 heterocycles. The van der Waals surface area contributed by atoms with Crippen LogP contribution in [0, 0.1) is 0 Å². The van der Waals surface area contributed by atoms with Gasteiger partial charge in [-0.3, -0.25) is 9.59 Å². The van der Waals surface area contributed by atoms with Crippen LogP contribution in [-0.4, -0.2) is 42.4 Å². The summed E-state index contributed by atoms with van der Waals surface area (Å²) >= 11 is 0. The van der Waals surface area contributed by atoms with Gasteiger partial charge in [-0.2, -0.15) is 0 Å². The Kier molecular flexibility index (Phi) is 3.10. The number of nitrogens with two attached hydrogens (primary N) is 1. The van der Waals surface area contributed by atoms with E-state index in [0.717, 1.165) is 19.4 Å². The first-order valence-electron chi connectivity index (χ1n) is 4.74. The summed E-state index contributed by atoms with van der Waals surface area (Å²) in [5, 5.41) is 3.14. The number of amides is 2. The van der Waals surface area contributed by atoms with Gasteiger partial charge in [-0.1, -0.05) is 0 Å². The number of hydrogen-bond acceptors (Lipinski definition) is 3. The molecule has 1 rings (SSSR count). The lowest BCUT2D eigenvalue weighted by Crippen LogP contribution is -2.53. The van der Waals surface area contributed by atoms with Gasteiger partial charge in [0.15, 0.2) is 0 Å². The maximum atomic E-state index is 11.9. The average Bonchev–Trinajstić information content (AvgIpc) is 2.51. The SMILES string of the molecule is CN(CC(N)=O)C(=O)C1(C)CCCN1. The standard InChI is InChI=1S/C9H17N3O2/c1-9(4-3-5-11-9)8(14)12(2)6-7(10)13/h11H,3-6H2,1-2H3,(H2,10,13). The maximum absolute atomic E-state index is 11.9. The Morgan fingerprint density at radius 3 is 2.64 bits per heavy atom. The Bertz CT molecular complexity index is 246. The topological polar surface area (TPSA) is 75.4 Å².